The summed E-state index contributed by atoms with van der Waals surface area (Å²) in [6, 6.07) is 0. The Hall–Kier alpha value is -0.710. The summed E-state index contributed by atoms with van der Waals surface area (Å²) in [4.78, 5) is 8.93. The van der Waals surface area contributed by atoms with E-state index in [1.54, 1.807) is 0 Å². The number of hydrogen-bond acceptors (Lipinski definition) is 4. The average Bonchev–Trinajstić information content (AvgIpc) is 2.82. The molecule has 1 aromatic heterocycles. The fraction of sp³-hybridized carbons (Fsp3) is 0.667. The van der Waals surface area contributed by atoms with Gasteiger partial charge in [-0.2, -0.15) is 0 Å². The van der Waals surface area contributed by atoms with Crippen LogP contribution in [0.1, 0.15) is 29.9 Å². The largest absolute Gasteiger partial charge is 0.378 e. The number of rotatable bonds is 2. The minimum atomic E-state index is 0.268. The minimum Gasteiger partial charge on any atom is -0.378 e. The maximum absolute atomic E-state index is 6.16. The summed E-state index contributed by atoms with van der Waals surface area (Å²) in [5, 5.41) is 0.544. The van der Waals surface area contributed by atoms with Crippen molar-refractivity contribution < 1.29 is 9.47 Å². The summed E-state index contributed by atoms with van der Waals surface area (Å²) in [5.41, 5.74) is 2.00. The van der Waals surface area contributed by atoms with Gasteiger partial charge < -0.3 is 9.47 Å². The van der Waals surface area contributed by atoms with Crippen molar-refractivity contribution in [2.45, 2.75) is 38.4 Å². The third kappa shape index (κ3) is 2.44. The maximum Gasteiger partial charge on any atom is 0.138 e. The van der Waals surface area contributed by atoms with Crippen molar-refractivity contribution >= 4 is 11.6 Å². The molecule has 2 aliphatic heterocycles. The van der Waals surface area contributed by atoms with Crippen LogP contribution in [0.25, 0.3) is 0 Å². The molecule has 2 aliphatic rings. The maximum atomic E-state index is 6.16. The molecule has 0 aromatic carbocycles. The van der Waals surface area contributed by atoms with E-state index in [-0.39, 0.29) is 6.10 Å². The van der Waals surface area contributed by atoms with Gasteiger partial charge in [-0.3, -0.25) is 0 Å². The van der Waals surface area contributed by atoms with Crippen molar-refractivity contribution in [1.82, 2.24) is 9.97 Å². The first-order valence-corrected chi connectivity index (χ1v) is 6.44. The topological polar surface area (TPSA) is 44.2 Å². The SMILES string of the molecule is Clc1nc(CC2CCCO2)nc2c1COCC2. The summed E-state index contributed by atoms with van der Waals surface area (Å²) >= 11 is 6.16. The second-order valence-electron chi connectivity index (χ2n) is 4.50. The monoisotopic (exact) mass is 254 g/mol. The predicted molar refractivity (Wildman–Crippen MR) is 63.1 cm³/mol. The minimum absolute atomic E-state index is 0.268. The first kappa shape index (κ1) is 11.4. The van der Waals surface area contributed by atoms with Crippen molar-refractivity contribution in [2.75, 3.05) is 13.2 Å². The Morgan fingerprint density at radius 1 is 1.29 bits per heavy atom. The first-order chi connectivity index (χ1) is 8.33. The van der Waals surface area contributed by atoms with E-state index in [0.29, 0.717) is 11.8 Å². The Morgan fingerprint density at radius 2 is 2.24 bits per heavy atom. The van der Waals surface area contributed by atoms with Crippen LogP contribution in [0.15, 0.2) is 0 Å². The Balaban J connectivity index is 1.82. The van der Waals surface area contributed by atoms with Crippen LogP contribution in [0.5, 0.6) is 0 Å². The molecule has 1 saturated heterocycles. The van der Waals surface area contributed by atoms with Gasteiger partial charge in [0.15, 0.2) is 0 Å². The van der Waals surface area contributed by atoms with Crippen LogP contribution in [0.4, 0.5) is 0 Å². The van der Waals surface area contributed by atoms with Crippen molar-refractivity contribution in [3.8, 4) is 0 Å². The molecule has 0 amide bonds. The van der Waals surface area contributed by atoms with Gasteiger partial charge in [-0.1, -0.05) is 11.6 Å². The van der Waals surface area contributed by atoms with E-state index in [1.165, 1.54) is 0 Å². The zero-order valence-corrected chi connectivity index (χ0v) is 10.4. The molecule has 0 bridgehead atoms. The number of ether oxygens (including phenoxy) is 2. The first-order valence-electron chi connectivity index (χ1n) is 6.06. The molecular weight excluding hydrogens is 240 g/mol. The average molecular weight is 255 g/mol. The van der Waals surface area contributed by atoms with Crippen LogP contribution in [0.3, 0.4) is 0 Å². The normalized spacial score (nSPS) is 23.7. The molecule has 0 aliphatic carbocycles. The molecule has 1 fully saturated rings. The fourth-order valence-corrected chi connectivity index (χ4v) is 2.60. The number of fused-ring (bicyclic) bond motifs is 1. The lowest BCUT2D eigenvalue weighted by Gasteiger charge is -2.17. The molecule has 0 radical (unpaired) electrons. The van der Waals surface area contributed by atoms with Gasteiger partial charge in [0.25, 0.3) is 0 Å². The second kappa shape index (κ2) is 4.88. The molecule has 3 heterocycles. The Kier molecular flexibility index (Phi) is 3.27. The number of hydrogen-bond donors (Lipinski definition) is 0. The number of nitrogens with zero attached hydrogens (tertiary/aromatic N) is 2. The van der Waals surface area contributed by atoms with Gasteiger partial charge in [0.2, 0.25) is 0 Å². The van der Waals surface area contributed by atoms with E-state index in [2.05, 4.69) is 9.97 Å². The Labute approximate surface area is 105 Å². The summed E-state index contributed by atoms with van der Waals surface area (Å²) in [7, 11) is 0. The second-order valence-corrected chi connectivity index (χ2v) is 4.86. The van der Waals surface area contributed by atoms with E-state index < -0.39 is 0 Å². The van der Waals surface area contributed by atoms with Crippen LogP contribution in [0, 0.1) is 0 Å². The molecule has 17 heavy (non-hydrogen) atoms. The summed E-state index contributed by atoms with van der Waals surface area (Å²) in [6.07, 6.45) is 4.10. The predicted octanol–water partition coefficient (Wildman–Crippen LogP) is 1.92. The molecule has 4 nitrogen and oxygen atoms in total. The van der Waals surface area contributed by atoms with Gasteiger partial charge in [0.05, 0.1) is 25.0 Å². The Bertz CT molecular complexity index is 419. The van der Waals surface area contributed by atoms with Gasteiger partial charge in [-0.15, -0.1) is 0 Å². The van der Waals surface area contributed by atoms with Crippen molar-refractivity contribution in [3.63, 3.8) is 0 Å². The highest BCUT2D eigenvalue weighted by atomic mass is 35.5. The van der Waals surface area contributed by atoms with Crippen LogP contribution < -0.4 is 0 Å². The molecule has 0 N–H and O–H groups in total. The summed E-state index contributed by atoms with van der Waals surface area (Å²) in [5.74, 6) is 0.808. The van der Waals surface area contributed by atoms with E-state index in [1.807, 2.05) is 0 Å². The highest BCUT2D eigenvalue weighted by Gasteiger charge is 2.21. The van der Waals surface area contributed by atoms with Gasteiger partial charge in [0.1, 0.15) is 11.0 Å². The van der Waals surface area contributed by atoms with Gasteiger partial charge in [-0.05, 0) is 12.8 Å². The lowest BCUT2D eigenvalue weighted by molar-refractivity contribution is 0.105. The molecular formula is C12H15ClN2O2. The zero-order valence-electron chi connectivity index (χ0n) is 9.62. The smallest absolute Gasteiger partial charge is 0.138 e. The molecule has 1 unspecified atom stereocenters. The lowest BCUT2D eigenvalue weighted by Crippen LogP contribution is -2.18. The molecule has 1 aromatic rings. The van der Waals surface area contributed by atoms with Crippen LogP contribution in [-0.2, 0) is 28.9 Å². The Morgan fingerprint density at radius 3 is 3.06 bits per heavy atom. The van der Waals surface area contributed by atoms with Crippen LogP contribution in [-0.4, -0.2) is 29.3 Å². The van der Waals surface area contributed by atoms with Gasteiger partial charge >= 0.3 is 0 Å². The molecule has 92 valence electrons. The third-order valence-corrected chi connectivity index (χ3v) is 3.57. The fourth-order valence-electron chi connectivity index (χ4n) is 2.34. The standard InChI is InChI=1S/C12H15ClN2O2/c13-12-9-7-16-5-3-10(9)14-11(15-12)6-8-2-1-4-17-8/h8H,1-7H2. The van der Waals surface area contributed by atoms with Gasteiger partial charge in [-0.25, -0.2) is 9.97 Å². The molecule has 0 spiro atoms. The van der Waals surface area contributed by atoms with Crippen molar-refractivity contribution in [1.29, 1.82) is 0 Å². The zero-order chi connectivity index (χ0) is 11.7. The van der Waals surface area contributed by atoms with Crippen molar-refractivity contribution in [3.05, 3.63) is 22.2 Å². The molecule has 0 saturated carbocycles. The molecule has 1 atom stereocenters. The van der Waals surface area contributed by atoms with E-state index in [9.17, 15) is 0 Å². The van der Waals surface area contributed by atoms with Crippen molar-refractivity contribution in [2.24, 2.45) is 0 Å². The number of halogens is 1. The quantitative estimate of drug-likeness (QED) is 0.757. The molecule has 3 rings (SSSR count). The van der Waals surface area contributed by atoms with Gasteiger partial charge in [0, 0.05) is 25.0 Å². The van der Waals surface area contributed by atoms with E-state index in [0.717, 1.165) is 56.0 Å². The van der Waals surface area contributed by atoms with Crippen LogP contribution in [0.2, 0.25) is 5.15 Å². The lowest BCUT2D eigenvalue weighted by atomic mass is 10.1. The van der Waals surface area contributed by atoms with Crippen LogP contribution >= 0.6 is 11.6 Å². The summed E-state index contributed by atoms with van der Waals surface area (Å²) < 4.78 is 11.0. The third-order valence-electron chi connectivity index (χ3n) is 3.25. The van der Waals surface area contributed by atoms with E-state index >= 15 is 0 Å². The molecule has 5 heteroatoms. The van der Waals surface area contributed by atoms with E-state index in [4.69, 9.17) is 21.1 Å². The highest BCUT2D eigenvalue weighted by molar-refractivity contribution is 6.30. The summed E-state index contributed by atoms with van der Waals surface area (Å²) in [6.45, 7) is 2.12. The number of aromatic nitrogens is 2. The highest BCUT2D eigenvalue weighted by Crippen LogP contribution is 2.23.